The van der Waals surface area contributed by atoms with Crippen LogP contribution in [-0.2, 0) is 22.5 Å². The van der Waals surface area contributed by atoms with Crippen molar-refractivity contribution in [2.45, 2.75) is 25.3 Å². The summed E-state index contributed by atoms with van der Waals surface area (Å²) in [5.74, 6) is 3.63. The number of benzene rings is 2. The van der Waals surface area contributed by atoms with Crippen LogP contribution in [0.3, 0.4) is 0 Å². The highest BCUT2D eigenvalue weighted by Gasteiger charge is 2.27. The summed E-state index contributed by atoms with van der Waals surface area (Å²) in [4.78, 5) is 32.9. The van der Waals surface area contributed by atoms with Gasteiger partial charge in [0, 0.05) is 30.8 Å². The van der Waals surface area contributed by atoms with E-state index >= 15 is 0 Å². The lowest BCUT2D eigenvalue weighted by Gasteiger charge is -2.26. The number of hydrogen-bond donors (Lipinski definition) is 3. The molecule has 2 heterocycles. The van der Waals surface area contributed by atoms with Gasteiger partial charge in [0.1, 0.15) is 5.69 Å². The van der Waals surface area contributed by atoms with Gasteiger partial charge in [0.2, 0.25) is 11.7 Å². The number of H-pyrrole nitrogens is 1. The SMILES string of the molecule is O=C(NCC(F)F)C(Cc1ccc(C#Cc2ccc(CN3CCOCC3)cc2)cc1)c1nc[nH]c(=O)c1O. The van der Waals surface area contributed by atoms with Gasteiger partial charge in [-0.3, -0.25) is 14.5 Å². The highest BCUT2D eigenvalue weighted by atomic mass is 19.3. The summed E-state index contributed by atoms with van der Waals surface area (Å²) in [6, 6.07) is 15.2. The number of amides is 1. The lowest BCUT2D eigenvalue weighted by atomic mass is 9.94. The third kappa shape index (κ3) is 7.47. The molecule has 0 aliphatic carbocycles. The first-order chi connectivity index (χ1) is 18.4. The molecule has 1 atom stereocenters. The zero-order chi connectivity index (χ0) is 26.9. The van der Waals surface area contributed by atoms with Crippen molar-refractivity contribution in [2.24, 2.45) is 0 Å². The van der Waals surface area contributed by atoms with Gasteiger partial charge >= 0.3 is 0 Å². The van der Waals surface area contributed by atoms with E-state index in [1.807, 2.05) is 12.1 Å². The van der Waals surface area contributed by atoms with Gasteiger partial charge in [0.05, 0.1) is 32.0 Å². The zero-order valence-corrected chi connectivity index (χ0v) is 20.6. The Morgan fingerprint density at radius 3 is 2.26 bits per heavy atom. The fourth-order valence-electron chi connectivity index (χ4n) is 4.09. The molecule has 1 amide bonds. The molecule has 38 heavy (non-hydrogen) atoms. The van der Waals surface area contributed by atoms with Gasteiger partial charge in [-0.1, -0.05) is 36.1 Å². The van der Waals surface area contributed by atoms with E-state index in [4.69, 9.17) is 4.74 Å². The second-order valence-electron chi connectivity index (χ2n) is 8.89. The van der Waals surface area contributed by atoms with E-state index in [2.05, 4.69) is 44.2 Å². The van der Waals surface area contributed by atoms with Crippen LogP contribution in [-0.4, -0.2) is 65.2 Å². The highest BCUT2D eigenvalue weighted by Crippen LogP contribution is 2.24. The summed E-state index contributed by atoms with van der Waals surface area (Å²) in [5.41, 5.74) is 2.54. The predicted molar refractivity (Wildman–Crippen MR) is 137 cm³/mol. The van der Waals surface area contributed by atoms with Crippen LogP contribution >= 0.6 is 0 Å². The Labute approximate surface area is 218 Å². The average Bonchev–Trinajstić information content (AvgIpc) is 2.93. The van der Waals surface area contributed by atoms with Crippen molar-refractivity contribution in [3.8, 4) is 17.6 Å². The van der Waals surface area contributed by atoms with Gasteiger partial charge < -0.3 is 20.1 Å². The molecule has 2 aromatic carbocycles. The molecule has 1 fully saturated rings. The Hall–Kier alpha value is -4.07. The molecule has 1 aliphatic rings. The standard InChI is InChI=1S/C28H28F2N4O4/c29-24(30)16-31-27(36)23(25-26(35)28(37)33-18-32-25)15-21-7-3-19(4-8-21)1-2-20-5-9-22(10-6-20)17-34-11-13-38-14-12-34/h3-10,18,23-24,35H,11-17H2,(H,31,36)(H,32,33,37). The van der Waals surface area contributed by atoms with Crippen LogP contribution < -0.4 is 10.9 Å². The number of aromatic hydroxyl groups is 1. The maximum absolute atomic E-state index is 12.6. The van der Waals surface area contributed by atoms with Crippen LogP contribution in [0.2, 0.25) is 0 Å². The Kier molecular flexibility index (Phi) is 9.19. The summed E-state index contributed by atoms with van der Waals surface area (Å²) < 4.78 is 30.7. The van der Waals surface area contributed by atoms with Crippen molar-refractivity contribution in [3.05, 3.63) is 93.2 Å². The quantitative estimate of drug-likeness (QED) is 0.393. The van der Waals surface area contributed by atoms with Gasteiger partial charge in [-0.05, 0) is 41.8 Å². The molecule has 0 bridgehead atoms. The number of carbonyl (C=O) groups excluding carboxylic acids is 1. The van der Waals surface area contributed by atoms with Crippen LogP contribution in [0.15, 0.2) is 59.7 Å². The number of hydrogen-bond acceptors (Lipinski definition) is 6. The van der Waals surface area contributed by atoms with Crippen molar-refractivity contribution >= 4 is 5.91 Å². The Morgan fingerprint density at radius 1 is 1.05 bits per heavy atom. The number of halogens is 2. The van der Waals surface area contributed by atoms with E-state index in [0.717, 1.165) is 50.3 Å². The van der Waals surface area contributed by atoms with Crippen LogP contribution in [0.5, 0.6) is 5.75 Å². The van der Waals surface area contributed by atoms with Gasteiger partial charge in [-0.25, -0.2) is 13.8 Å². The number of ether oxygens (including phenoxy) is 1. The van der Waals surface area contributed by atoms with E-state index in [9.17, 15) is 23.5 Å². The van der Waals surface area contributed by atoms with Gasteiger partial charge in [-0.2, -0.15) is 0 Å². The maximum Gasteiger partial charge on any atom is 0.293 e. The number of nitrogens with zero attached hydrogens (tertiary/aromatic N) is 2. The van der Waals surface area contributed by atoms with E-state index in [1.54, 1.807) is 24.3 Å². The Bertz CT molecular complexity index is 1340. The van der Waals surface area contributed by atoms with E-state index in [0.29, 0.717) is 5.56 Å². The Balaban J connectivity index is 1.43. The zero-order valence-electron chi connectivity index (χ0n) is 20.6. The molecule has 4 rings (SSSR count). The molecule has 10 heteroatoms. The van der Waals surface area contributed by atoms with E-state index in [-0.39, 0.29) is 12.1 Å². The minimum Gasteiger partial charge on any atom is -0.502 e. The number of carbonyl (C=O) groups is 1. The normalized spacial score (nSPS) is 14.5. The van der Waals surface area contributed by atoms with E-state index in [1.165, 1.54) is 5.56 Å². The average molecular weight is 523 g/mol. The third-order valence-corrected chi connectivity index (χ3v) is 6.14. The molecule has 1 unspecified atom stereocenters. The molecule has 0 spiro atoms. The molecule has 198 valence electrons. The molecular formula is C28H28F2N4O4. The lowest BCUT2D eigenvalue weighted by molar-refractivity contribution is -0.123. The lowest BCUT2D eigenvalue weighted by Crippen LogP contribution is -2.35. The summed E-state index contributed by atoms with van der Waals surface area (Å²) in [7, 11) is 0. The fraction of sp³-hybridized carbons (Fsp3) is 0.321. The monoisotopic (exact) mass is 522 g/mol. The van der Waals surface area contributed by atoms with Gasteiger partial charge in [0.25, 0.3) is 12.0 Å². The first-order valence-electron chi connectivity index (χ1n) is 12.2. The smallest absolute Gasteiger partial charge is 0.293 e. The molecule has 0 radical (unpaired) electrons. The molecule has 3 aromatic rings. The van der Waals surface area contributed by atoms with Crippen LogP contribution in [0, 0.1) is 11.8 Å². The number of rotatable bonds is 8. The van der Waals surface area contributed by atoms with Crippen molar-refractivity contribution in [1.29, 1.82) is 0 Å². The maximum atomic E-state index is 12.6. The van der Waals surface area contributed by atoms with Crippen LogP contribution in [0.1, 0.15) is 33.9 Å². The first kappa shape index (κ1) is 27.0. The number of aromatic nitrogens is 2. The topological polar surface area (TPSA) is 108 Å². The van der Waals surface area contributed by atoms with Crippen LogP contribution in [0.25, 0.3) is 0 Å². The molecular weight excluding hydrogens is 494 g/mol. The molecule has 8 nitrogen and oxygen atoms in total. The van der Waals surface area contributed by atoms with Crippen LogP contribution in [0.4, 0.5) is 8.78 Å². The second-order valence-corrected chi connectivity index (χ2v) is 8.89. The number of nitrogens with one attached hydrogen (secondary N) is 2. The fourth-order valence-corrected chi connectivity index (χ4v) is 4.09. The molecule has 1 aliphatic heterocycles. The van der Waals surface area contributed by atoms with Gasteiger partial charge in [0.15, 0.2) is 0 Å². The molecule has 1 aromatic heterocycles. The minimum absolute atomic E-state index is 0.0391. The number of morpholine rings is 1. The number of aromatic amines is 1. The molecule has 1 saturated heterocycles. The number of alkyl halides is 2. The highest BCUT2D eigenvalue weighted by molar-refractivity contribution is 5.84. The summed E-state index contributed by atoms with van der Waals surface area (Å²) >= 11 is 0. The second kappa shape index (κ2) is 12.9. The third-order valence-electron chi connectivity index (χ3n) is 6.14. The summed E-state index contributed by atoms with van der Waals surface area (Å²) in [6.07, 6.45) is -1.64. The predicted octanol–water partition coefficient (Wildman–Crippen LogP) is 2.42. The largest absolute Gasteiger partial charge is 0.502 e. The van der Waals surface area contributed by atoms with Gasteiger partial charge in [-0.15, -0.1) is 0 Å². The minimum atomic E-state index is -2.74. The summed E-state index contributed by atoms with van der Waals surface area (Å²) in [6.45, 7) is 3.42. The molecule has 0 saturated carbocycles. The summed E-state index contributed by atoms with van der Waals surface area (Å²) in [5, 5.41) is 12.3. The van der Waals surface area contributed by atoms with Crippen molar-refractivity contribution < 1.29 is 23.4 Å². The van der Waals surface area contributed by atoms with E-state index < -0.39 is 36.1 Å². The molecule has 3 N–H and O–H groups in total. The Morgan fingerprint density at radius 2 is 1.66 bits per heavy atom. The van der Waals surface area contributed by atoms with Crippen molar-refractivity contribution in [2.75, 3.05) is 32.8 Å². The van der Waals surface area contributed by atoms with Crippen molar-refractivity contribution in [1.82, 2.24) is 20.2 Å². The van der Waals surface area contributed by atoms with Crippen molar-refractivity contribution in [3.63, 3.8) is 0 Å². The first-order valence-corrected chi connectivity index (χ1v) is 12.2.